The van der Waals surface area contributed by atoms with Crippen LogP contribution in [0.5, 0.6) is 11.5 Å². The topological polar surface area (TPSA) is 112 Å². The van der Waals surface area contributed by atoms with Crippen molar-refractivity contribution in [3.8, 4) is 11.5 Å². The molecule has 0 radical (unpaired) electrons. The maximum atomic E-state index is 12.1. The first-order valence-corrected chi connectivity index (χ1v) is 4.37. The highest BCUT2D eigenvalue weighted by Crippen LogP contribution is 2.36. The molecule has 1 rings (SSSR count). The number of rotatable bonds is 3. The minimum absolute atomic E-state index is 0.289. The molecule has 8 nitrogen and oxygen atoms in total. The van der Waals surface area contributed by atoms with Crippen molar-refractivity contribution in [2.45, 2.75) is 6.36 Å². The first-order valence-electron chi connectivity index (χ1n) is 4.37. The Balaban J connectivity index is 3.44. The number of methoxy groups -OCH3 is 1. The highest BCUT2D eigenvalue weighted by Gasteiger charge is 2.37. The Hall–Kier alpha value is -2.59. The van der Waals surface area contributed by atoms with E-state index >= 15 is 0 Å². The number of ether oxygens (including phenoxy) is 2. The molecule has 0 fully saturated rings. The molecule has 0 saturated carbocycles. The van der Waals surface area contributed by atoms with Gasteiger partial charge in [-0.1, -0.05) is 0 Å². The summed E-state index contributed by atoms with van der Waals surface area (Å²) >= 11 is 0. The lowest BCUT2D eigenvalue weighted by molar-refractivity contribution is -0.390. The Morgan fingerprint density at radius 1 is 1.53 bits per heavy atom. The molecule has 0 unspecified atom stereocenters. The van der Waals surface area contributed by atoms with Gasteiger partial charge in [0.15, 0.2) is 17.5 Å². The van der Waals surface area contributed by atoms with Crippen LogP contribution in [-0.4, -0.2) is 34.5 Å². The van der Waals surface area contributed by atoms with E-state index < -0.39 is 40.1 Å². The molecule has 1 N–H and O–H groups in total. The van der Waals surface area contributed by atoms with Crippen molar-refractivity contribution >= 4 is 11.8 Å². The van der Waals surface area contributed by atoms with Crippen molar-refractivity contribution in [2.75, 3.05) is 7.11 Å². The molecule has 0 spiro atoms. The summed E-state index contributed by atoms with van der Waals surface area (Å²) in [6.07, 6.45) is -4.88. The molecule has 19 heavy (non-hydrogen) atoms. The van der Waals surface area contributed by atoms with E-state index in [-0.39, 0.29) is 6.20 Å². The number of hydrogen-bond acceptors (Lipinski definition) is 7. The molecular formula is C8H5F3N2O6. The fourth-order valence-electron chi connectivity index (χ4n) is 1.11. The Bertz CT molecular complexity index is 530. The van der Waals surface area contributed by atoms with Crippen molar-refractivity contribution in [1.29, 1.82) is 0 Å². The van der Waals surface area contributed by atoms with Crippen LogP contribution in [-0.2, 0) is 4.74 Å². The number of carbonyl (C=O) groups is 1. The molecule has 0 aromatic carbocycles. The van der Waals surface area contributed by atoms with Gasteiger partial charge in [0.25, 0.3) is 0 Å². The molecule has 104 valence electrons. The average Bonchev–Trinajstić information content (AvgIpc) is 2.25. The Morgan fingerprint density at radius 3 is 2.53 bits per heavy atom. The SMILES string of the molecule is COC(=O)c1c(OC(F)(F)F)cnc([N+](=O)[O-])c1O. The molecule has 1 heterocycles. The van der Waals surface area contributed by atoms with E-state index in [9.17, 15) is 33.2 Å². The average molecular weight is 282 g/mol. The normalized spacial score (nSPS) is 10.9. The molecule has 11 heteroatoms. The second kappa shape index (κ2) is 4.96. The monoisotopic (exact) mass is 282 g/mol. The minimum atomic E-state index is -5.17. The summed E-state index contributed by atoms with van der Waals surface area (Å²) in [5, 5.41) is 19.8. The van der Waals surface area contributed by atoms with Gasteiger partial charge in [-0.2, -0.15) is 0 Å². The number of nitro groups is 1. The van der Waals surface area contributed by atoms with E-state index in [4.69, 9.17) is 0 Å². The number of halogens is 3. The van der Waals surface area contributed by atoms with Crippen LogP contribution in [0.4, 0.5) is 19.0 Å². The lowest BCUT2D eigenvalue weighted by Gasteiger charge is -2.11. The Labute approximate surface area is 102 Å². The van der Waals surface area contributed by atoms with Crippen LogP contribution in [0.15, 0.2) is 6.20 Å². The fourth-order valence-corrected chi connectivity index (χ4v) is 1.11. The molecule has 0 aliphatic rings. The molecule has 0 saturated heterocycles. The second-order valence-corrected chi connectivity index (χ2v) is 2.97. The zero-order chi connectivity index (χ0) is 14.8. The highest BCUT2D eigenvalue weighted by molar-refractivity contribution is 5.96. The van der Waals surface area contributed by atoms with Crippen LogP contribution in [0.25, 0.3) is 0 Å². The Kier molecular flexibility index (Phi) is 3.77. The van der Waals surface area contributed by atoms with Crippen LogP contribution >= 0.6 is 0 Å². The molecule has 0 aliphatic carbocycles. The Morgan fingerprint density at radius 2 is 2.11 bits per heavy atom. The van der Waals surface area contributed by atoms with Gasteiger partial charge >= 0.3 is 18.1 Å². The summed E-state index contributed by atoms with van der Waals surface area (Å²) < 4.78 is 43.7. The fraction of sp³-hybridized carbons (Fsp3) is 0.250. The van der Waals surface area contributed by atoms with Crippen LogP contribution in [0.3, 0.4) is 0 Å². The van der Waals surface area contributed by atoms with Gasteiger partial charge in [0.05, 0.1) is 7.11 Å². The van der Waals surface area contributed by atoms with Gasteiger partial charge in [0.2, 0.25) is 5.75 Å². The summed E-state index contributed by atoms with van der Waals surface area (Å²) in [7, 11) is 0.811. The van der Waals surface area contributed by atoms with Crippen LogP contribution in [0.1, 0.15) is 10.4 Å². The van der Waals surface area contributed by atoms with Crippen LogP contribution in [0.2, 0.25) is 0 Å². The number of alkyl halides is 3. The standard InChI is InChI=1S/C8H5F3N2O6/c1-18-7(15)4-3(19-8(9,10)11)2-12-6(5(4)14)13(16)17/h2,14H,1H3. The van der Waals surface area contributed by atoms with Crippen LogP contribution in [0, 0.1) is 10.1 Å². The number of pyridine rings is 1. The third kappa shape index (κ3) is 3.20. The molecule has 1 aromatic heterocycles. The van der Waals surface area contributed by atoms with Crippen molar-refractivity contribution < 1.29 is 37.5 Å². The maximum absolute atomic E-state index is 12.1. The maximum Gasteiger partial charge on any atom is 0.573 e. The smallest absolute Gasteiger partial charge is 0.500 e. The largest absolute Gasteiger partial charge is 0.573 e. The third-order valence-corrected chi connectivity index (χ3v) is 1.79. The zero-order valence-electron chi connectivity index (χ0n) is 9.09. The van der Waals surface area contributed by atoms with Gasteiger partial charge in [-0.15, -0.1) is 13.2 Å². The molecule has 0 aliphatic heterocycles. The van der Waals surface area contributed by atoms with E-state index in [2.05, 4.69) is 14.5 Å². The van der Waals surface area contributed by atoms with Gasteiger partial charge in [-0.25, -0.2) is 4.79 Å². The van der Waals surface area contributed by atoms with Gasteiger partial charge in [0.1, 0.15) is 0 Å². The number of carbonyl (C=O) groups excluding carboxylic acids is 1. The summed E-state index contributed by atoms with van der Waals surface area (Å²) in [5.41, 5.74) is -1.14. The number of nitrogens with zero attached hydrogens (tertiary/aromatic N) is 2. The number of aromatic nitrogens is 1. The minimum Gasteiger partial charge on any atom is -0.500 e. The number of esters is 1. The van der Waals surface area contributed by atoms with E-state index in [1.54, 1.807) is 0 Å². The molecule has 0 atom stereocenters. The molecule has 0 amide bonds. The lowest BCUT2D eigenvalue weighted by atomic mass is 10.2. The van der Waals surface area contributed by atoms with Crippen molar-refractivity contribution in [3.05, 3.63) is 21.9 Å². The first kappa shape index (κ1) is 14.5. The molecule has 1 aromatic rings. The number of aromatic hydroxyl groups is 1. The van der Waals surface area contributed by atoms with E-state index in [1.165, 1.54) is 0 Å². The van der Waals surface area contributed by atoms with Crippen molar-refractivity contribution in [1.82, 2.24) is 4.98 Å². The predicted molar refractivity (Wildman–Crippen MR) is 50.6 cm³/mol. The first-order chi connectivity index (χ1) is 8.67. The summed E-state index contributed by atoms with van der Waals surface area (Å²) in [5.74, 6) is -5.22. The van der Waals surface area contributed by atoms with E-state index in [1.807, 2.05) is 0 Å². The summed E-state index contributed by atoms with van der Waals surface area (Å²) in [6.45, 7) is 0. The van der Waals surface area contributed by atoms with E-state index in [0.29, 0.717) is 0 Å². The van der Waals surface area contributed by atoms with Crippen molar-refractivity contribution in [2.24, 2.45) is 0 Å². The van der Waals surface area contributed by atoms with Gasteiger partial charge < -0.3 is 24.7 Å². The van der Waals surface area contributed by atoms with Gasteiger partial charge in [-0.05, 0) is 9.91 Å². The van der Waals surface area contributed by atoms with Gasteiger partial charge in [0, 0.05) is 0 Å². The zero-order valence-corrected chi connectivity index (χ0v) is 9.09. The van der Waals surface area contributed by atoms with Gasteiger partial charge in [-0.3, -0.25) is 0 Å². The lowest BCUT2D eigenvalue weighted by Crippen LogP contribution is -2.20. The molecular weight excluding hydrogens is 277 g/mol. The highest BCUT2D eigenvalue weighted by atomic mass is 19.4. The van der Waals surface area contributed by atoms with Crippen molar-refractivity contribution in [3.63, 3.8) is 0 Å². The predicted octanol–water partition coefficient (Wildman–Crippen LogP) is 1.38. The summed E-state index contributed by atoms with van der Waals surface area (Å²) in [4.78, 5) is 23.5. The second-order valence-electron chi connectivity index (χ2n) is 2.97. The van der Waals surface area contributed by atoms with Crippen LogP contribution < -0.4 is 4.74 Å². The third-order valence-electron chi connectivity index (χ3n) is 1.79. The van der Waals surface area contributed by atoms with E-state index in [0.717, 1.165) is 7.11 Å². The summed E-state index contributed by atoms with van der Waals surface area (Å²) in [6, 6.07) is 0. The quantitative estimate of drug-likeness (QED) is 0.506. The molecule has 0 bridgehead atoms. The number of hydrogen-bond donors (Lipinski definition) is 1.